The molecule has 0 amide bonds. The first-order chi connectivity index (χ1) is 70.2. The first-order valence-electron chi connectivity index (χ1n) is 61.4. The molecule has 5 aromatic rings. The third kappa shape index (κ3) is 19.6. The first-order valence-corrected chi connectivity index (χ1v) is 61.4. The highest BCUT2D eigenvalue weighted by Gasteiger charge is 2.68. The number of ketones is 5. The van der Waals surface area contributed by atoms with Crippen molar-refractivity contribution in [2.75, 3.05) is 7.11 Å². The van der Waals surface area contributed by atoms with Crippen LogP contribution in [0.15, 0.2) is 121 Å². The molecule has 20 aliphatic rings. The van der Waals surface area contributed by atoms with Crippen molar-refractivity contribution in [1.82, 2.24) is 0 Å². The summed E-state index contributed by atoms with van der Waals surface area (Å²) in [5.41, 5.74) is 8.77. The van der Waals surface area contributed by atoms with Gasteiger partial charge in [0.15, 0.2) is 28.9 Å². The maximum absolute atomic E-state index is 13.6. The van der Waals surface area contributed by atoms with Crippen LogP contribution in [-0.2, 0) is 0 Å². The Kier molecular flexibility index (Phi) is 29.5. The summed E-state index contributed by atoms with van der Waals surface area (Å²) in [5.74, 6) is 21.4. The van der Waals surface area contributed by atoms with Gasteiger partial charge in [-0.25, -0.2) is 0 Å². The number of hydrogen-bond donors (Lipinski definition) is 5. The van der Waals surface area contributed by atoms with Crippen LogP contribution in [0.5, 0.6) is 5.75 Å². The molecule has 20 aliphatic carbocycles. The third-order valence-corrected chi connectivity index (χ3v) is 51.0. The van der Waals surface area contributed by atoms with Gasteiger partial charge in [-0.1, -0.05) is 156 Å². The van der Waals surface area contributed by atoms with E-state index in [0.717, 1.165) is 242 Å². The number of hydrogen-bond acceptors (Lipinski definition) is 11. The van der Waals surface area contributed by atoms with E-state index in [2.05, 4.69) is 132 Å². The van der Waals surface area contributed by atoms with Crippen LogP contribution in [0, 0.1) is 231 Å². The predicted molar refractivity (Wildman–Crippen MR) is 595 cm³/mol. The van der Waals surface area contributed by atoms with Gasteiger partial charge in [0.2, 0.25) is 0 Å². The van der Waals surface area contributed by atoms with Crippen molar-refractivity contribution in [3.63, 3.8) is 0 Å². The zero-order valence-corrected chi connectivity index (χ0v) is 94.7. The number of benzene rings is 5. The average Bonchev–Trinajstić information content (AvgIpc) is 1.45. The van der Waals surface area contributed by atoms with Gasteiger partial charge < -0.3 is 30.3 Å². The van der Waals surface area contributed by atoms with Gasteiger partial charge in [0, 0.05) is 57.4 Å². The third-order valence-electron chi connectivity index (χ3n) is 51.0. The van der Waals surface area contributed by atoms with Gasteiger partial charge in [0.05, 0.1) is 35.1 Å². The molecule has 0 heterocycles. The number of rotatable bonds is 11. The smallest absolute Gasteiger partial charge is 0.166 e. The Balaban J connectivity index is 0.000000108. The Morgan fingerprint density at radius 2 is 0.534 bits per heavy atom. The second-order valence-corrected chi connectivity index (χ2v) is 59.1. The van der Waals surface area contributed by atoms with Gasteiger partial charge >= 0.3 is 0 Å². The maximum Gasteiger partial charge on any atom is 0.166 e. The standard InChI is InChI=1S/2C28H40O2.C27H38O3.2C27H38O2/c1-18-5-7-19(8-6-18)25(29)24-12-11-22-21-10-9-20-17-26(2,30)15-16-27(20,3)23(21)13-14-28(22,24)4;1-18-7-5-6-8-20(18)25(29)24-12-11-22-21-10-9-19-17-26(2,30)15-16-27(19,3)23(21)13-14-28(22,24)4;1-26(29)14-12-20-18(16-26)6-9-22-21(20)13-15-27(2)23(22)10-11-24(27)25(28)17-4-7-19(30-3)8-5-17;1-17-4-6-18(7-5-17)25(28)24-11-10-23-22-9-8-19-16-26(2,29)14-12-20(19)21(22)13-15-27(23,24)3;1-17-5-4-6-18(15-17)25(28)24-10-9-23-22-8-7-19-16-26(2,29)13-11-20(19)21(22)12-14-27(23,24)3/h5-8,20-24,30H,9-17H2,1-4H3;5-8,19,21-24,30H,9-17H2,1-4H3;4-5,7-8,18,20-24,29H,6,9-16H2,1-3H3;4-7,19-24,29H,8-16H2,1-3H3;4-6,15,19-24,29H,7-14,16H2,1-3H3/t20-,21+,22+,23+,24-,26-,27+,28+;19-,21+,22+,23+,24-,26-,27+,28+;18-,20+,21-,22-,23+,24-,26-,27+;2*19-,20+,21-,22-,23+,24-,26-,27+/m11111/s1. The van der Waals surface area contributed by atoms with E-state index in [9.17, 15) is 49.5 Å². The minimum atomic E-state index is -0.460. The fourth-order valence-corrected chi connectivity index (χ4v) is 43.1. The van der Waals surface area contributed by atoms with E-state index in [-0.39, 0.29) is 56.7 Å². The Morgan fingerprint density at radius 3 is 0.878 bits per heavy atom. The number of aryl methyl sites for hydroxylation is 4. The molecule has 808 valence electrons. The summed E-state index contributed by atoms with van der Waals surface area (Å²) in [6.07, 6.45) is 52.9. The number of methoxy groups -OCH3 is 1. The topological polar surface area (TPSA) is 196 Å². The molecular formula is C137H194O11. The molecule has 11 heteroatoms. The van der Waals surface area contributed by atoms with Crippen molar-refractivity contribution in [1.29, 1.82) is 0 Å². The fraction of sp³-hybridized carbons (Fsp3) is 0.745. The van der Waals surface area contributed by atoms with E-state index in [0.29, 0.717) is 69.3 Å². The summed E-state index contributed by atoms with van der Waals surface area (Å²) in [6.45, 7) is 35.9. The molecule has 0 aliphatic heterocycles. The van der Waals surface area contributed by atoms with Gasteiger partial charge in [-0.3, -0.25) is 24.0 Å². The molecule has 0 saturated heterocycles. The van der Waals surface area contributed by atoms with Crippen molar-refractivity contribution < 1.29 is 54.2 Å². The molecule has 25 rings (SSSR count). The van der Waals surface area contributed by atoms with E-state index in [1.54, 1.807) is 7.11 Å². The summed E-state index contributed by atoms with van der Waals surface area (Å²) in [4.78, 5) is 67.6. The molecule has 148 heavy (non-hydrogen) atoms. The van der Waals surface area contributed by atoms with Crippen molar-refractivity contribution in [2.45, 2.75) is 428 Å². The lowest BCUT2D eigenvalue weighted by molar-refractivity contribution is -0.144. The van der Waals surface area contributed by atoms with Crippen molar-refractivity contribution in [2.24, 2.45) is 204 Å². The number of Topliss-reactive ketones (excluding diaryl/α,β-unsaturated/α-hetero) is 5. The molecule has 5 N–H and O–H groups in total. The summed E-state index contributed by atoms with van der Waals surface area (Å²) in [6, 6.07) is 40.6. The number of fused-ring (bicyclic) bond motifs is 25. The molecule has 40 atom stereocenters. The van der Waals surface area contributed by atoms with Crippen LogP contribution in [0.1, 0.15) is 446 Å². The van der Waals surface area contributed by atoms with Crippen LogP contribution in [0.25, 0.3) is 0 Å². The lowest BCUT2D eigenvalue weighted by atomic mass is 9.44. The fourth-order valence-electron chi connectivity index (χ4n) is 43.1. The Labute approximate surface area is 893 Å². The molecule has 20 saturated carbocycles. The summed E-state index contributed by atoms with van der Waals surface area (Å²) in [7, 11) is 1.67. The molecule has 0 radical (unpaired) electrons. The maximum atomic E-state index is 13.6. The second kappa shape index (κ2) is 40.6. The van der Waals surface area contributed by atoms with Crippen LogP contribution >= 0.6 is 0 Å². The highest BCUT2D eigenvalue weighted by atomic mass is 16.5. The molecule has 0 bridgehead atoms. The van der Waals surface area contributed by atoms with Crippen LogP contribution in [0.2, 0.25) is 0 Å². The van der Waals surface area contributed by atoms with Crippen molar-refractivity contribution in [3.8, 4) is 5.75 Å². The lowest BCUT2D eigenvalue weighted by Crippen LogP contribution is -2.55. The van der Waals surface area contributed by atoms with Crippen LogP contribution in [0.4, 0.5) is 0 Å². The highest BCUT2D eigenvalue weighted by molar-refractivity contribution is 6.01. The average molecular weight is 2020 g/mol. The first kappa shape index (κ1) is 108. The summed E-state index contributed by atoms with van der Waals surface area (Å²) >= 11 is 0. The summed E-state index contributed by atoms with van der Waals surface area (Å²) < 4.78 is 5.27. The zero-order valence-electron chi connectivity index (χ0n) is 94.7. The number of ether oxygens (including phenoxy) is 1. The van der Waals surface area contributed by atoms with Crippen LogP contribution < -0.4 is 4.74 Å². The van der Waals surface area contributed by atoms with Gasteiger partial charge in [-0.05, 0) is 561 Å². The number of carbonyl (C=O) groups excluding carboxylic acids is 5. The van der Waals surface area contributed by atoms with Gasteiger partial charge in [0.1, 0.15) is 5.75 Å². The monoisotopic (exact) mass is 2020 g/mol. The number of carbonyl (C=O) groups is 5. The molecule has 11 nitrogen and oxygen atoms in total. The van der Waals surface area contributed by atoms with E-state index < -0.39 is 28.0 Å². The van der Waals surface area contributed by atoms with E-state index in [1.165, 1.54) is 209 Å². The SMILES string of the molecule is COc1ccc(C(=O)[C@H]2CC[C@H]3[C@@H]4CC[C@@H]5C[C@](C)(O)CC[C@@H]5[C@H]4CC[C@]23C)cc1.Cc1ccc(C(=O)[C@H]2CC[C@H]3[C@@H]4CC[C@@H]5C[C@](C)(O)CC[C@@H]5[C@H]4CC[C@]23C)cc1.Cc1ccc(C(=O)[C@H]2CC[C@H]3[C@@H]4CC[C@@H]5C[C@](C)(O)CC[C@]5(C)[C@H]4CC[C@]23C)cc1.Cc1cccc(C(=O)[C@H]2CC[C@H]3[C@@H]4CC[C@@H]5C[C@](C)(O)CC[C@@H]5[C@H]4CC[C@]23C)c1.Cc1ccccc1C(=O)[C@H]1CC[C@H]2[C@@H]3CC[C@@H]4C[C@](C)(O)CC[C@]4(C)[C@H]3CC[C@]12C. The molecular weight excluding hydrogens is 1820 g/mol. The Hall–Kier alpha value is -5.95. The lowest BCUT2D eigenvalue weighted by Gasteiger charge is -2.61. The molecule has 0 unspecified atom stereocenters. The molecule has 20 fully saturated rings. The van der Waals surface area contributed by atoms with Gasteiger partial charge in [-0.2, -0.15) is 0 Å². The van der Waals surface area contributed by atoms with Gasteiger partial charge in [-0.15, -0.1) is 0 Å². The molecule has 0 aromatic heterocycles. The normalized spacial score (nSPS) is 46.8. The highest BCUT2D eigenvalue weighted by Crippen LogP contribution is 2.74. The van der Waals surface area contributed by atoms with Crippen LogP contribution in [-0.4, -0.2) is 89.6 Å². The second-order valence-electron chi connectivity index (χ2n) is 59.1. The molecule has 5 aromatic carbocycles. The van der Waals surface area contributed by atoms with Crippen molar-refractivity contribution in [3.05, 3.63) is 171 Å². The van der Waals surface area contributed by atoms with E-state index in [1.807, 2.05) is 99.6 Å². The quantitative estimate of drug-likeness (QED) is 0.0790. The Morgan fingerprint density at radius 1 is 0.236 bits per heavy atom. The largest absolute Gasteiger partial charge is 0.497 e. The molecule has 0 spiro atoms. The van der Waals surface area contributed by atoms with E-state index >= 15 is 0 Å². The van der Waals surface area contributed by atoms with E-state index in [4.69, 9.17) is 4.74 Å². The van der Waals surface area contributed by atoms with Gasteiger partial charge in [0.25, 0.3) is 0 Å². The Bertz CT molecular complexity index is 5620. The summed E-state index contributed by atoms with van der Waals surface area (Å²) in [5, 5.41) is 53.2. The predicted octanol–water partition coefficient (Wildman–Crippen LogP) is 31.5. The zero-order chi connectivity index (χ0) is 104. The minimum Gasteiger partial charge on any atom is -0.497 e. The van der Waals surface area contributed by atoms with Crippen molar-refractivity contribution >= 4 is 28.9 Å². The minimum absolute atomic E-state index is 0.158. The number of aliphatic hydroxyl groups is 5. The van der Waals surface area contributed by atoms with Crippen LogP contribution in [0.3, 0.4) is 0 Å².